The standard InChI is InChI=1S/C17H12ClNO/c18-17(15(11-20)12-6-2-1-3-7-12)14-10-19-16-9-5-4-8-13(14)16/h1-11,19H/b17-15-. The third-order valence-electron chi connectivity index (χ3n) is 3.26. The molecule has 3 aromatic rings. The van der Waals surface area contributed by atoms with Gasteiger partial charge in [-0.15, -0.1) is 0 Å². The minimum Gasteiger partial charge on any atom is -0.361 e. The molecule has 0 spiro atoms. The summed E-state index contributed by atoms with van der Waals surface area (Å²) in [4.78, 5) is 14.6. The van der Waals surface area contributed by atoms with Crippen molar-refractivity contribution in [3.05, 3.63) is 71.9 Å². The number of carbonyl (C=O) groups excluding carboxylic acids is 1. The first-order valence-electron chi connectivity index (χ1n) is 6.28. The maximum Gasteiger partial charge on any atom is 0.152 e. The van der Waals surface area contributed by atoms with Crippen molar-refractivity contribution in [2.75, 3.05) is 0 Å². The van der Waals surface area contributed by atoms with Crippen LogP contribution >= 0.6 is 11.6 Å². The molecule has 0 atom stereocenters. The lowest BCUT2D eigenvalue weighted by atomic mass is 10.0. The Hall–Kier alpha value is -2.32. The summed E-state index contributed by atoms with van der Waals surface area (Å²) in [6, 6.07) is 17.3. The predicted molar refractivity (Wildman–Crippen MR) is 83.5 cm³/mol. The second-order valence-corrected chi connectivity index (χ2v) is 4.84. The molecule has 1 heterocycles. The monoisotopic (exact) mass is 281 g/mol. The van der Waals surface area contributed by atoms with Gasteiger partial charge in [0.05, 0.1) is 5.03 Å². The van der Waals surface area contributed by atoms with Crippen LogP contribution in [0.2, 0.25) is 0 Å². The molecule has 0 unspecified atom stereocenters. The largest absolute Gasteiger partial charge is 0.361 e. The zero-order valence-electron chi connectivity index (χ0n) is 10.6. The van der Waals surface area contributed by atoms with Gasteiger partial charge in [0, 0.05) is 28.2 Å². The first kappa shape index (κ1) is 12.7. The molecule has 3 rings (SSSR count). The number of rotatable bonds is 3. The molecule has 0 amide bonds. The van der Waals surface area contributed by atoms with E-state index in [4.69, 9.17) is 11.6 Å². The van der Waals surface area contributed by atoms with Gasteiger partial charge >= 0.3 is 0 Å². The molecule has 0 aliphatic heterocycles. The maximum absolute atomic E-state index is 11.4. The predicted octanol–water partition coefficient (Wildman–Crippen LogP) is 4.47. The van der Waals surface area contributed by atoms with Crippen LogP contribution in [0.5, 0.6) is 0 Å². The maximum atomic E-state index is 11.4. The van der Waals surface area contributed by atoms with Crippen molar-refractivity contribution >= 4 is 39.4 Å². The van der Waals surface area contributed by atoms with E-state index in [0.717, 1.165) is 28.3 Å². The molecule has 2 nitrogen and oxygen atoms in total. The highest BCUT2D eigenvalue weighted by molar-refractivity contribution is 6.56. The Labute approximate surface area is 121 Å². The summed E-state index contributed by atoms with van der Waals surface area (Å²) in [5.41, 5.74) is 3.15. The molecule has 0 saturated carbocycles. The summed E-state index contributed by atoms with van der Waals surface area (Å²) >= 11 is 6.46. The number of aldehydes is 1. The van der Waals surface area contributed by atoms with Gasteiger partial charge in [-0.25, -0.2) is 0 Å². The second kappa shape index (κ2) is 5.35. The average Bonchev–Trinajstić information content (AvgIpc) is 2.93. The number of fused-ring (bicyclic) bond motifs is 1. The van der Waals surface area contributed by atoms with Crippen LogP contribution in [-0.2, 0) is 4.79 Å². The minimum absolute atomic E-state index is 0.462. The molecule has 0 aliphatic rings. The van der Waals surface area contributed by atoms with E-state index in [1.54, 1.807) is 0 Å². The van der Waals surface area contributed by atoms with Crippen LogP contribution in [0, 0.1) is 0 Å². The van der Waals surface area contributed by atoms with Crippen LogP contribution in [0.3, 0.4) is 0 Å². The quantitative estimate of drug-likeness (QED) is 0.557. The van der Waals surface area contributed by atoms with Crippen molar-refractivity contribution in [1.82, 2.24) is 4.98 Å². The number of hydrogen-bond donors (Lipinski definition) is 1. The van der Waals surface area contributed by atoms with Crippen molar-refractivity contribution in [2.24, 2.45) is 0 Å². The molecular formula is C17H12ClNO. The van der Waals surface area contributed by atoms with E-state index in [1.165, 1.54) is 0 Å². The summed E-state index contributed by atoms with van der Waals surface area (Å²) in [5, 5.41) is 1.47. The summed E-state index contributed by atoms with van der Waals surface area (Å²) < 4.78 is 0. The molecule has 98 valence electrons. The Morgan fingerprint density at radius 2 is 1.70 bits per heavy atom. The molecule has 0 saturated heterocycles. The van der Waals surface area contributed by atoms with Gasteiger partial charge in [-0.1, -0.05) is 60.1 Å². The van der Waals surface area contributed by atoms with Crippen molar-refractivity contribution in [3.63, 3.8) is 0 Å². The molecule has 0 radical (unpaired) electrons. The topological polar surface area (TPSA) is 32.9 Å². The Kier molecular flexibility index (Phi) is 3.40. The van der Waals surface area contributed by atoms with Crippen LogP contribution in [0.4, 0.5) is 0 Å². The number of halogens is 1. The van der Waals surface area contributed by atoms with Gasteiger partial charge in [0.15, 0.2) is 6.29 Å². The highest BCUT2D eigenvalue weighted by atomic mass is 35.5. The number of para-hydroxylation sites is 1. The van der Waals surface area contributed by atoms with Gasteiger partial charge in [0.2, 0.25) is 0 Å². The minimum atomic E-state index is 0.462. The lowest BCUT2D eigenvalue weighted by Gasteiger charge is -2.04. The zero-order valence-corrected chi connectivity index (χ0v) is 11.4. The van der Waals surface area contributed by atoms with E-state index >= 15 is 0 Å². The van der Waals surface area contributed by atoms with Crippen molar-refractivity contribution < 1.29 is 4.79 Å². The molecule has 0 aliphatic carbocycles. The summed E-state index contributed by atoms with van der Waals surface area (Å²) in [7, 11) is 0. The molecular weight excluding hydrogens is 270 g/mol. The molecule has 20 heavy (non-hydrogen) atoms. The lowest BCUT2D eigenvalue weighted by molar-refractivity contribution is -0.103. The van der Waals surface area contributed by atoms with E-state index in [2.05, 4.69) is 4.98 Å². The molecule has 0 bridgehead atoms. The molecule has 2 aromatic carbocycles. The Balaban J connectivity index is 2.21. The number of carbonyl (C=O) groups is 1. The van der Waals surface area contributed by atoms with Crippen LogP contribution in [-0.4, -0.2) is 11.3 Å². The van der Waals surface area contributed by atoms with Crippen molar-refractivity contribution in [1.29, 1.82) is 0 Å². The summed E-state index contributed by atoms with van der Waals surface area (Å²) in [5.74, 6) is 0. The molecule has 1 aromatic heterocycles. The van der Waals surface area contributed by atoms with Crippen LogP contribution < -0.4 is 0 Å². The van der Waals surface area contributed by atoms with Gasteiger partial charge < -0.3 is 4.98 Å². The summed E-state index contributed by atoms with van der Waals surface area (Å²) in [6.07, 6.45) is 2.64. The Bertz CT molecular complexity index is 787. The first-order chi connectivity index (χ1) is 9.81. The van der Waals surface area contributed by atoms with E-state index in [1.807, 2.05) is 60.8 Å². The molecule has 0 fully saturated rings. The number of benzene rings is 2. The normalized spacial score (nSPS) is 12.2. The van der Waals surface area contributed by atoms with Crippen LogP contribution in [0.25, 0.3) is 21.5 Å². The van der Waals surface area contributed by atoms with Crippen molar-refractivity contribution in [3.8, 4) is 0 Å². The number of aromatic amines is 1. The molecule has 1 N–H and O–H groups in total. The number of allylic oxidation sites excluding steroid dienone is 1. The van der Waals surface area contributed by atoms with E-state index in [0.29, 0.717) is 10.6 Å². The van der Waals surface area contributed by atoms with Crippen molar-refractivity contribution in [2.45, 2.75) is 0 Å². The first-order valence-corrected chi connectivity index (χ1v) is 6.66. The van der Waals surface area contributed by atoms with Gasteiger partial charge in [-0.05, 0) is 11.6 Å². The highest BCUT2D eigenvalue weighted by Crippen LogP contribution is 2.33. The lowest BCUT2D eigenvalue weighted by Crippen LogP contribution is -1.89. The number of aromatic nitrogens is 1. The van der Waals surface area contributed by atoms with E-state index < -0.39 is 0 Å². The van der Waals surface area contributed by atoms with Crippen LogP contribution in [0.15, 0.2) is 60.8 Å². The SMILES string of the molecule is O=C/C(=C(/Cl)c1c[nH]c2ccccc12)c1ccccc1. The number of H-pyrrole nitrogens is 1. The molecule has 3 heteroatoms. The fourth-order valence-corrected chi connectivity index (χ4v) is 2.57. The fourth-order valence-electron chi connectivity index (χ4n) is 2.26. The zero-order chi connectivity index (χ0) is 13.9. The highest BCUT2D eigenvalue weighted by Gasteiger charge is 2.12. The Morgan fingerprint density at radius 3 is 2.45 bits per heavy atom. The number of nitrogens with one attached hydrogen (secondary N) is 1. The van der Waals surface area contributed by atoms with Gasteiger partial charge in [0.25, 0.3) is 0 Å². The summed E-state index contributed by atoms with van der Waals surface area (Å²) in [6.45, 7) is 0. The van der Waals surface area contributed by atoms with Gasteiger partial charge in [0.1, 0.15) is 0 Å². The van der Waals surface area contributed by atoms with Gasteiger partial charge in [-0.2, -0.15) is 0 Å². The fraction of sp³-hybridized carbons (Fsp3) is 0. The van der Waals surface area contributed by atoms with Gasteiger partial charge in [-0.3, -0.25) is 4.79 Å². The third-order valence-corrected chi connectivity index (χ3v) is 3.67. The van der Waals surface area contributed by atoms with E-state index in [9.17, 15) is 4.79 Å². The van der Waals surface area contributed by atoms with Crippen LogP contribution in [0.1, 0.15) is 11.1 Å². The number of hydrogen-bond acceptors (Lipinski definition) is 1. The third kappa shape index (κ3) is 2.15. The second-order valence-electron chi connectivity index (χ2n) is 4.46. The average molecular weight is 282 g/mol. The Morgan fingerprint density at radius 1 is 1.00 bits per heavy atom. The van der Waals surface area contributed by atoms with E-state index in [-0.39, 0.29) is 0 Å². The smallest absolute Gasteiger partial charge is 0.152 e.